The van der Waals surface area contributed by atoms with Gasteiger partial charge in [0.25, 0.3) is 0 Å². The van der Waals surface area contributed by atoms with Crippen molar-refractivity contribution in [1.29, 1.82) is 0 Å². The maximum absolute atomic E-state index is 9.65. The van der Waals surface area contributed by atoms with E-state index >= 15 is 0 Å². The second-order valence-corrected chi connectivity index (χ2v) is 3.56. The van der Waals surface area contributed by atoms with Gasteiger partial charge in [-0.3, -0.25) is 4.79 Å². The monoisotopic (exact) mass is 149 g/mol. The lowest BCUT2D eigenvalue weighted by molar-refractivity contribution is 0.544. The Morgan fingerprint density at radius 2 is 1.83 bits per heavy atom. The summed E-state index contributed by atoms with van der Waals surface area (Å²) in [6.07, 6.45) is 1.77. The van der Waals surface area contributed by atoms with E-state index in [2.05, 4.69) is 15.9 Å². The predicted octanol–water partition coefficient (Wildman–Crippen LogP) is 1.27. The average Bonchev–Trinajstić information content (AvgIpc) is 1.35. The summed E-state index contributed by atoms with van der Waals surface area (Å²) in [5, 5.41) is 0. The summed E-state index contributed by atoms with van der Waals surface area (Å²) in [5.74, 6) is 0. The fraction of sp³-hybridized carbons (Fsp3) is 0.750. The molecule has 0 N–H and O–H groups in total. The summed E-state index contributed by atoms with van der Waals surface area (Å²) in [6.45, 7) is 3.47. The van der Waals surface area contributed by atoms with Crippen LogP contribution >= 0.6 is 15.9 Å². The van der Waals surface area contributed by atoms with Crippen molar-refractivity contribution >= 4 is 22.2 Å². The van der Waals surface area contributed by atoms with Gasteiger partial charge in [-0.25, -0.2) is 0 Å². The summed E-state index contributed by atoms with van der Waals surface area (Å²) >= 11 is 3.05. The lowest BCUT2D eigenvalue weighted by Crippen LogP contribution is -2.09. The van der Waals surface area contributed by atoms with Crippen LogP contribution in [0.1, 0.15) is 13.8 Å². The van der Waals surface area contributed by atoms with Crippen LogP contribution in [0.3, 0.4) is 0 Å². The number of hydrogen-bond acceptors (Lipinski definition) is 1. The Balaban J connectivity index is 3.45. The first-order chi connectivity index (χ1) is 2.56. The Bertz CT molecular complexity index is 53.1. The molecule has 0 unspecified atom stereocenters. The standard InChI is InChI=1S/C4H6BrO/c1-4(2,5)3-6/h1-2H3. The summed E-state index contributed by atoms with van der Waals surface area (Å²) in [5.41, 5.74) is 0. The topological polar surface area (TPSA) is 17.1 Å². The summed E-state index contributed by atoms with van der Waals surface area (Å²) < 4.78 is -0.451. The minimum absolute atomic E-state index is 0.451. The molecule has 0 saturated heterocycles. The second-order valence-electron chi connectivity index (χ2n) is 1.57. The van der Waals surface area contributed by atoms with E-state index in [9.17, 15) is 4.79 Å². The molecule has 0 aliphatic heterocycles. The van der Waals surface area contributed by atoms with Crippen molar-refractivity contribution in [2.24, 2.45) is 0 Å². The highest BCUT2D eigenvalue weighted by molar-refractivity contribution is 9.10. The van der Waals surface area contributed by atoms with Crippen molar-refractivity contribution < 1.29 is 4.79 Å². The van der Waals surface area contributed by atoms with Gasteiger partial charge in [-0.2, -0.15) is 0 Å². The van der Waals surface area contributed by atoms with Crippen LogP contribution in [-0.2, 0) is 4.79 Å². The van der Waals surface area contributed by atoms with Crippen molar-refractivity contribution in [1.82, 2.24) is 0 Å². The molecule has 0 saturated carbocycles. The highest BCUT2D eigenvalue weighted by atomic mass is 79.9. The van der Waals surface area contributed by atoms with E-state index in [4.69, 9.17) is 0 Å². The molecule has 2 heteroatoms. The van der Waals surface area contributed by atoms with Crippen LogP contribution < -0.4 is 0 Å². The summed E-state index contributed by atoms with van der Waals surface area (Å²) in [4.78, 5) is 9.65. The molecule has 0 atom stereocenters. The molecule has 0 heterocycles. The van der Waals surface area contributed by atoms with Gasteiger partial charge in [0, 0.05) is 0 Å². The first-order valence-corrected chi connectivity index (χ1v) is 2.44. The van der Waals surface area contributed by atoms with Gasteiger partial charge in [0.15, 0.2) is 0 Å². The van der Waals surface area contributed by atoms with Crippen LogP contribution in [0.15, 0.2) is 0 Å². The fourth-order valence-corrected chi connectivity index (χ4v) is 0. The number of carbonyl (C=O) groups excluding carboxylic acids is 1. The van der Waals surface area contributed by atoms with Crippen molar-refractivity contribution in [3.63, 3.8) is 0 Å². The zero-order valence-electron chi connectivity index (χ0n) is 3.79. The molecule has 0 aromatic heterocycles. The Morgan fingerprint density at radius 1 is 1.67 bits per heavy atom. The minimum atomic E-state index is -0.451. The van der Waals surface area contributed by atoms with Crippen LogP contribution in [0, 0.1) is 0 Å². The molecule has 0 aliphatic carbocycles. The first-order valence-electron chi connectivity index (χ1n) is 1.64. The van der Waals surface area contributed by atoms with Crippen LogP contribution in [0.2, 0.25) is 0 Å². The molecule has 1 nitrogen and oxygen atoms in total. The second kappa shape index (κ2) is 1.73. The molecule has 0 aliphatic rings. The minimum Gasteiger partial charge on any atom is -0.289 e. The van der Waals surface area contributed by atoms with Gasteiger partial charge in [0.2, 0.25) is 6.29 Å². The van der Waals surface area contributed by atoms with Crippen LogP contribution in [0.4, 0.5) is 0 Å². The first kappa shape index (κ1) is 6.15. The Labute approximate surface area is 45.9 Å². The van der Waals surface area contributed by atoms with E-state index in [1.165, 1.54) is 0 Å². The molecule has 0 bridgehead atoms. The Hall–Kier alpha value is 0.150. The van der Waals surface area contributed by atoms with Gasteiger partial charge in [-0.15, -0.1) is 0 Å². The molecule has 0 fully saturated rings. The number of rotatable bonds is 1. The average molecular weight is 150 g/mol. The van der Waals surface area contributed by atoms with Crippen LogP contribution in [0.25, 0.3) is 0 Å². The number of alkyl halides is 1. The van der Waals surface area contributed by atoms with Gasteiger partial charge in [0.1, 0.15) is 0 Å². The molecule has 6 heavy (non-hydrogen) atoms. The zero-order chi connectivity index (χ0) is 5.21. The van der Waals surface area contributed by atoms with E-state index in [0.29, 0.717) is 0 Å². The SMILES string of the molecule is CC(C)(Br)[C]=O. The van der Waals surface area contributed by atoms with Gasteiger partial charge in [-0.1, -0.05) is 15.9 Å². The van der Waals surface area contributed by atoms with E-state index in [0.717, 1.165) is 0 Å². The van der Waals surface area contributed by atoms with E-state index in [-0.39, 0.29) is 0 Å². The molecular weight excluding hydrogens is 144 g/mol. The van der Waals surface area contributed by atoms with E-state index in [1.54, 1.807) is 20.1 Å². The number of hydrogen-bond donors (Lipinski definition) is 0. The fourth-order valence-electron chi connectivity index (χ4n) is 0. The van der Waals surface area contributed by atoms with Crippen molar-refractivity contribution in [3.8, 4) is 0 Å². The molecular formula is C4H6BrO. The van der Waals surface area contributed by atoms with Gasteiger partial charge >= 0.3 is 0 Å². The zero-order valence-corrected chi connectivity index (χ0v) is 5.37. The molecule has 1 radical (unpaired) electrons. The van der Waals surface area contributed by atoms with E-state index < -0.39 is 4.32 Å². The van der Waals surface area contributed by atoms with Crippen LogP contribution in [0.5, 0.6) is 0 Å². The maximum Gasteiger partial charge on any atom is 0.215 e. The van der Waals surface area contributed by atoms with Crippen molar-refractivity contribution in [3.05, 3.63) is 0 Å². The third-order valence-corrected chi connectivity index (χ3v) is 0.405. The maximum atomic E-state index is 9.65. The predicted molar refractivity (Wildman–Crippen MR) is 28.7 cm³/mol. The lowest BCUT2D eigenvalue weighted by atomic mass is 10.3. The van der Waals surface area contributed by atoms with Gasteiger partial charge in [0.05, 0.1) is 4.32 Å². The van der Waals surface area contributed by atoms with Crippen molar-refractivity contribution in [2.45, 2.75) is 18.2 Å². The normalized spacial score (nSPS) is 11.2. The molecule has 35 valence electrons. The lowest BCUT2D eigenvalue weighted by Gasteiger charge is -1.99. The quantitative estimate of drug-likeness (QED) is 0.514. The Kier molecular flexibility index (Phi) is 1.78. The third-order valence-electron chi connectivity index (χ3n) is 0.243. The molecule has 0 amide bonds. The van der Waals surface area contributed by atoms with Crippen LogP contribution in [-0.4, -0.2) is 10.6 Å². The Morgan fingerprint density at radius 3 is 1.83 bits per heavy atom. The van der Waals surface area contributed by atoms with Gasteiger partial charge in [-0.05, 0) is 13.8 Å². The third kappa shape index (κ3) is 4.15. The molecule has 0 rings (SSSR count). The summed E-state index contributed by atoms with van der Waals surface area (Å²) in [6, 6.07) is 0. The molecule has 0 aromatic carbocycles. The smallest absolute Gasteiger partial charge is 0.215 e. The highest BCUT2D eigenvalue weighted by Crippen LogP contribution is 2.09. The molecule has 0 spiro atoms. The van der Waals surface area contributed by atoms with E-state index in [1.807, 2.05) is 0 Å². The largest absolute Gasteiger partial charge is 0.289 e. The van der Waals surface area contributed by atoms with Gasteiger partial charge < -0.3 is 0 Å². The highest BCUT2D eigenvalue weighted by Gasteiger charge is 2.09. The number of halogens is 1. The summed E-state index contributed by atoms with van der Waals surface area (Å²) in [7, 11) is 0. The molecule has 0 aromatic rings. The van der Waals surface area contributed by atoms with Crippen molar-refractivity contribution in [2.75, 3.05) is 0 Å².